The van der Waals surface area contributed by atoms with E-state index in [0.29, 0.717) is 19.1 Å². The molecule has 3 N–H and O–H groups in total. The summed E-state index contributed by atoms with van der Waals surface area (Å²) in [6.45, 7) is 8.16. The van der Waals surface area contributed by atoms with E-state index in [4.69, 9.17) is 5.73 Å². The largest absolute Gasteiger partial charge is 0.350 e. The molecule has 1 aliphatic rings. The molecule has 0 aromatic carbocycles. The van der Waals surface area contributed by atoms with Crippen molar-refractivity contribution in [3.8, 4) is 0 Å². The molecule has 0 heterocycles. The fourth-order valence-corrected chi connectivity index (χ4v) is 2.52. The third-order valence-electron chi connectivity index (χ3n) is 3.97. The van der Waals surface area contributed by atoms with Crippen LogP contribution in [0.1, 0.15) is 52.9 Å². The van der Waals surface area contributed by atoms with E-state index in [1.165, 1.54) is 25.7 Å². The summed E-state index contributed by atoms with van der Waals surface area (Å²) in [6, 6.07) is 0.559. The highest BCUT2D eigenvalue weighted by Crippen LogP contribution is 2.23. The van der Waals surface area contributed by atoms with Gasteiger partial charge >= 0.3 is 0 Å². The summed E-state index contributed by atoms with van der Waals surface area (Å²) in [7, 11) is 0. The molecule has 0 spiro atoms. The van der Waals surface area contributed by atoms with Crippen molar-refractivity contribution in [2.75, 3.05) is 19.6 Å². The zero-order chi connectivity index (χ0) is 13.6. The Balaban J connectivity index is 2.47. The van der Waals surface area contributed by atoms with Crippen LogP contribution in [0, 0.1) is 0 Å². The van der Waals surface area contributed by atoms with Gasteiger partial charge in [-0.1, -0.05) is 19.8 Å². The molecule has 4 heteroatoms. The Morgan fingerprint density at radius 1 is 1.39 bits per heavy atom. The number of amides is 1. The molecule has 0 aromatic heterocycles. The van der Waals surface area contributed by atoms with Crippen molar-refractivity contribution in [3.63, 3.8) is 0 Å². The summed E-state index contributed by atoms with van der Waals surface area (Å²) in [6.07, 6.45) is 5.94. The lowest BCUT2D eigenvalue weighted by molar-refractivity contribution is -0.124. The maximum Gasteiger partial charge on any atom is 0.234 e. The molecule has 4 nitrogen and oxygen atoms in total. The van der Waals surface area contributed by atoms with Gasteiger partial charge in [0, 0.05) is 24.7 Å². The van der Waals surface area contributed by atoms with E-state index in [0.717, 1.165) is 13.0 Å². The molecule has 1 rings (SSSR count). The minimum absolute atomic E-state index is 0.110. The first-order valence-corrected chi connectivity index (χ1v) is 7.23. The Bertz CT molecular complexity index is 260. The highest BCUT2D eigenvalue weighted by molar-refractivity contribution is 5.78. The Kier molecular flexibility index (Phi) is 6.09. The van der Waals surface area contributed by atoms with Crippen LogP contribution < -0.4 is 11.1 Å². The van der Waals surface area contributed by atoms with Gasteiger partial charge in [-0.3, -0.25) is 9.69 Å². The number of nitrogens with two attached hydrogens (primary N) is 1. The van der Waals surface area contributed by atoms with Crippen LogP contribution >= 0.6 is 0 Å². The monoisotopic (exact) mass is 255 g/mol. The fourth-order valence-electron chi connectivity index (χ4n) is 2.52. The van der Waals surface area contributed by atoms with Crippen molar-refractivity contribution >= 4 is 5.91 Å². The van der Waals surface area contributed by atoms with Crippen LogP contribution in [0.5, 0.6) is 0 Å². The van der Waals surface area contributed by atoms with Crippen LogP contribution in [0.4, 0.5) is 0 Å². The van der Waals surface area contributed by atoms with Crippen molar-refractivity contribution in [3.05, 3.63) is 0 Å². The highest BCUT2D eigenvalue weighted by atomic mass is 16.2. The Hall–Kier alpha value is -0.610. The van der Waals surface area contributed by atoms with E-state index < -0.39 is 0 Å². The predicted octanol–water partition coefficient (Wildman–Crippen LogP) is 1.49. The topological polar surface area (TPSA) is 58.4 Å². The number of hydrogen-bond donors (Lipinski definition) is 2. The summed E-state index contributed by atoms with van der Waals surface area (Å²) >= 11 is 0. The maximum absolute atomic E-state index is 12.1. The number of nitrogens with zero attached hydrogens (tertiary/aromatic N) is 1. The molecule has 106 valence electrons. The van der Waals surface area contributed by atoms with Crippen molar-refractivity contribution in [1.29, 1.82) is 0 Å². The van der Waals surface area contributed by atoms with Crippen molar-refractivity contribution in [1.82, 2.24) is 10.2 Å². The van der Waals surface area contributed by atoms with E-state index in [1.807, 2.05) is 0 Å². The van der Waals surface area contributed by atoms with Gasteiger partial charge in [0.25, 0.3) is 0 Å². The van der Waals surface area contributed by atoms with Crippen molar-refractivity contribution in [2.45, 2.75) is 64.5 Å². The molecule has 1 aliphatic carbocycles. The first-order valence-electron chi connectivity index (χ1n) is 7.23. The van der Waals surface area contributed by atoms with Crippen LogP contribution in [-0.4, -0.2) is 42.0 Å². The Labute approximate surface area is 111 Å². The van der Waals surface area contributed by atoms with E-state index in [1.54, 1.807) is 0 Å². The van der Waals surface area contributed by atoms with E-state index in [-0.39, 0.29) is 11.4 Å². The zero-order valence-corrected chi connectivity index (χ0v) is 12.2. The van der Waals surface area contributed by atoms with Crippen molar-refractivity contribution in [2.24, 2.45) is 5.73 Å². The summed E-state index contributed by atoms with van der Waals surface area (Å²) in [5.74, 6) is 0.127. The molecule has 0 atom stereocenters. The Morgan fingerprint density at radius 3 is 2.50 bits per heavy atom. The normalized spacial score (nSPS) is 17.4. The van der Waals surface area contributed by atoms with Gasteiger partial charge in [0.2, 0.25) is 5.91 Å². The molecule has 0 bridgehead atoms. The van der Waals surface area contributed by atoms with Crippen molar-refractivity contribution < 1.29 is 4.79 Å². The second-order valence-corrected chi connectivity index (χ2v) is 5.98. The van der Waals surface area contributed by atoms with Gasteiger partial charge < -0.3 is 11.1 Å². The molecule has 1 fully saturated rings. The van der Waals surface area contributed by atoms with Gasteiger partial charge in [-0.2, -0.15) is 0 Å². The molecule has 0 aliphatic heterocycles. The van der Waals surface area contributed by atoms with Crippen LogP contribution in [-0.2, 0) is 4.79 Å². The van der Waals surface area contributed by atoms with Gasteiger partial charge in [0.15, 0.2) is 0 Å². The van der Waals surface area contributed by atoms with Gasteiger partial charge in [0.05, 0.1) is 6.54 Å². The number of nitrogens with one attached hydrogen (secondary N) is 1. The molecule has 0 radical (unpaired) electrons. The molecule has 18 heavy (non-hydrogen) atoms. The molecule has 0 aromatic rings. The quantitative estimate of drug-likeness (QED) is 0.725. The molecule has 0 saturated heterocycles. The minimum Gasteiger partial charge on any atom is -0.350 e. The first-order chi connectivity index (χ1) is 8.48. The summed E-state index contributed by atoms with van der Waals surface area (Å²) in [5, 5.41) is 3.10. The average Bonchev–Trinajstić information content (AvgIpc) is 2.81. The second-order valence-electron chi connectivity index (χ2n) is 5.98. The minimum atomic E-state index is -0.110. The van der Waals surface area contributed by atoms with E-state index >= 15 is 0 Å². The maximum atomic E-state index is 12.1. The predicted molar refractivity (Wildman–Crippen MR) is 75.4 cm³/mol. The SMILES string of the molecule is CCC(C)(C)NC(=O)CN(CCN)C1CCCC1. The lowest BCUT2D eigenvalue weighted by atomic mass is 10.0. The van der Waals surface area contributed by atoms with Crippen LogP contribution in [0.2, 0.25) is 0 Å². The van der Waals surface area contributed by atoms with Gasteiger partial charge in [-0.25, -0.2) is 0 Å². The number of carbonyl (C=O) groups is 1. The smallest absolute Gasteiger partial charge is 0.234 e. The molecule has 1 amide bonds. The Morgan fingerprint density at radius 2 is 2.00 bits per heavy atom. The van der Waals surface area contributed by atoms with Gasteiger partial charge in [-0.05, 0) is 33.1 Å². The average molecular weight is 255 g/mol. The fraction of sp³-hybridized carbons (Fsp3) is 0.929. The standard InChI is InChI=1S/C14H29N3O/c1-4-14(2,3)16-13(18)11-17(10-9-15)12-7-5-6-8-12/h12H,4-11,15H2,1-3H3,(H,16,18). The zero-order valence-electron chi connectivity index (χ0n) is 12.2. The lowest BCUT2D eigenvalue weighted by Crippen LogP contribution is -2.49. The molecular weight excluding hydrogens is 226 g/mol. The van der Waals surface area contributed by atoms with Crippen LogP contribution in [0.25, 0.3) is 0 Å². The third kappa shape index (κ3) is 4.94. The summed E-state index contributed by atoms with van der Waals surface area (Å²) < 4.78 is 0. The second kappa shape index (κ2) is 7.10. The molecular formula is C14H29N3O. The molecule has 1 saturated carbocycles. The number of rotatable bonds is 7. The van der Waals surface area contributed by atoms with Crippen LogP contribution in [0.15, 0.2) is 0 Å². The number of hydrogen-bond acceptors (Lipinski definition) is 3. The van der Waals surface area contributed by atoms with E-state index in [2.05, 4.69) is 31.0 Å². The van der Waals surface area contributed by atoms with Gasteiger partial charge in [0.1, 0.15) is 0 Å². The third-order valence-corrected chi connectivity index (χ3v) is 3.97. The summed E-state index contributed by atoms with van der Waals surface area (Å²) in [5.41, 5.74) is 5.54. The first kappa shape index (κ1) is 15.4. The van der Waals surface area contributed by atoms with Gasteiger partial charge in [-0.15, -0.1) is 0 Å². The molecule has 0 unspecified atom stereocenters. The highest BCUT2D eigenvalue weighted by Gasteiger charge is 2.25. The number of carbonyl (C=O) groups excluding carboxylic acids is 1. The summed E-state index contributed by atoms with van der Waals surface area (Å²) in [4.78, 5) is 14.3. The lowest BCUT2D eigenvalue weighted by Gasteiger charge is -2.30. The van der Waals surface area contributed by atoms with Crippen LogP contribution in [0.3, 0.4) is 0 Å². The van der Waals surface area contributed by atoms with E-state index in [9.17, 15) is 4.79 Å².